The van der Waals surface area contributed by atoms with Crippen LogP contribution in [0.15, 0.2) is 47.5 Å². The molecule has 0 radical (unpaired) electrons. The predicted molar refractivity (Wildman–Crippen MR) is 145 cm³/mol. The molecule has 2 amide bonds. The molecule has 2 saturated carbocycles. The number of likely N-dealkylation sites (tertiary alicyclic amines) is 1. The van der Waals surface area contributed by atoms with Gasteiger partial charge in [0.25, 0.3) is 5.56 Å². The van der Waals surface area contributed by atoms with Crippen molar-refractivity contribution in [1.29, 1.82) is 0 Å². The maximum Gasteiger partial charge on any atom is 0.320 e. The van der Waals surface area contributed by atoms with E-state index >= 15 is 0 Å². The number of piperidine rings is 1. The molecule has 1 aromatic heterocycles. The van der Waals surface area contributed by atoms with Crippen LogP contribution in [0.25, 0.3) is 11.3 Å². The van der Waals surface area contributed by atoms with Gasteiger partial charge in [0.2, 0.25) is 0 Å². The Morgan fingerprint density at radius 1 is 0.974 bits per heavy atom. The topological polar surface area (TPSA) is 87.9 Å². The van der Waals surface area contributed by atoms with Crippen LogP contribution < -0.4 is 5.56 Å². The molecular weight excluding hydrogens is 480 g/mol. The lowest BCUT2D eigenvalue weighted by atomic mass is 9.66. The Hall–Kier alpha value is -2.71. The monoisotopic (exact) mass is 520 g/mol. The number of morpholine rings is 1. The first kappa shape index (κ1) is 25.6. The highest BCUT2D eigenvalue weighted by Gasteiger charge is 2.56. The maximum atomic E-state index is 14.0. The van der Waals surface area contributed by atoms with Crippen LogP contribution in [0.3, 0.4) is 0 Å². The highest BCUT2D eigenvalue weighted by molar-refractivity contribution is 5.76. The summed E-state index contributed by atoms with van der Waals surface area (Å²) in [6.45, 7) is 3.11. The Kier molecular flexibility index (Phi) is 6.80. The number of urea groups is 1. The molecule has 2 saturated heterocycles. The normalized spacial score (nSPS) is 26.7. The van der Waals surface area contributed by atoms with Gasteiger partial charge in [-0.05, 0) is 32.1 Å². The molecule has 3 heterocycles. The van der Waals surface area contributed by atoms with E-state index in [4.69, 9.17) is 4.74 Å². The molecule has 8 nitrogen and oxygen atoms in total. The molecule has 1 atom stereocenters. The van der Waals surface area contributed by atoms with Gasteiger partial charge in [-0.15, -0.1) is 0 Å². The third-order valence-corrected chi connectivity index (χ3v) is 9.91. The van der Waals surface area contributed by atoms with Crippen molar-refractivity contribution in [2.45, 2.75) is 81.9 Å². The Morgan fingerprint density at radius 2 is 1.71 bits per heavy atom. The Morgan fingerprint density at radius 3 is 2.45 bits per heavy atom. The standard InChI is InChI=1S/C30H40N4O4/c35-26-19-25(24-9-3-1-4-10-24)31-23-33(26)21-30(37)15-16-32(20-28(30)11-7-8-12-28)27(36)34-17-18-38-22-29(34)13-5-2-6-14-29/h1,3-4,9-10,19,23,37H,2,5-8,11-18,20-22H2. The zero-order valence-corrected chi connectivity index (χ0v) is 22.3. The van der Waals surface area contributed by atoms with Crippen molar-refractivity contribution in [3.8, 4) is 11.3 Å². The zero-order chi connectivity index (χ0) is 26.2. The van der Waals surface area contributed by atoms with Gasteiger partial charge in [0.05, 0.1) is 42.9 Å². The number of aliphatic hydroxyl groups is 1. The van der Waals surface area contributed by atoms with E-state index < -0.39 is 11.0 Å². The van der Waals surface area contributed by atoms with Gasteiger partial charge in [-0.2, -0.15) is 0 Å². The molecule has 4 fully saturated rings. The summed E-state index contributed by atoms with van der Waals surface area (Å²) in [5.74, 6) is 0. The fourth-order valence-electron chi connectivity index (χ4n) is 7.68. The van der Waals surface area contributed by atoms with Gasteiger partial charge in [0.15, 0.2) is 0 Å². The number of rotatable bonds is 3. The van der Waals surface area contributed by atoms with Crippen LogP contribution in [0.2, 0.25) is 0 Å². The fraction of sp³-hybridized carbons (Fsp3) is 0.633. The van der Waals surface area contributed by atoms with E-state index in [9.17, 15) is 14.7 Å². The molecule has 1 N–H and O–H groups in total. The number of amides is 2. The van der Waals surface area contributed by atoms with Crippen LogP contribution in [0.1, 0.15) is 64.2 Å². The van der Waals surface area contributed by atoms with Crippen LogP contribution in [0, 0.1) is 5.41 Å². The molecule has 0 bridgehead atoms. The smallest absolute Gasteiger partial charge is 0.320 e. The van der Waals surface area contributed by atoms with Gasteiger partial charge in [-0.25, -0.2) is 9.78 Å². The summed E-state index contributed by atoms with van der Waals surface area (Å²) in [5, 5.41) is 12.2. The minimum atomic E-state index is -1.06. The summed E-state index contributed by atoms with van der Waals surface area (Å²) in [7, 11) is 0. The lowest BCUT2D eigenvalue weighted by Gasteiger charge is -2.55. The van der Waals surface area contributed by atoms with E-state index in [-0.39, 0.29) is 23.7 Å². The van der Waals surface area contributed by atoms with Crippen LogP contribution >= 0.6 is 0 Å². The summed E-state index contributed by atoms with van der Waals surface area (Å²) in [6, 6.07) is 11.3. The number of hydrogen-bond acceptors (Lipinski definition) is 5. The van der Waals surface area contributed by atoms with E-state index in [2.05, 4.69) is 9.88 Å². The number of nitrogens with zero attached hydrogens (tertiary/aromatic N) is 4. The maximum absolute atomic E-state index is 14.0. The van der Waals surface area contributed by atoms with Crippen molar-refractivity contribution >= 4 is 6.03 Å². The van der Waals surface area contributed by atoms with E-state index in [0.29, 0.717) is 45.0 Å². The van der Waals surface area contributed by atoms with Gasteiger partial charge in [-0.1, -0.05) is 62.4 Å². The number of hydrogen-bond donors (Lipinski definition) is 1. The summed E-state index contributed by atoms with van der Waals surface area (Å²) in [5.41, 5.74) is -0.279. The van der Waals surface area contributed by atoms with E-state index in [0.717, 1.165) is 56.9 Å². The third-order valence-electron chi connectivity index (χ3n) is 9.91. The van der Waals surface area contributed by atoms with E-state index in [1.807, 2.05) is 35.2 Å². The second-order valence-electron chi connectivity index (χ2n) is 12.1. The van der Waals surface area contributed by atoms with E-state index in [1.54, 1.807) is 17.0 Å². The van der Waals surface area contributed by atoms with Gasteiger partial charge in [0, 0.05) is 36.7 Å². The van der Waals surface area contributed by atoms with E-state index in [1.165, 1.54) is 6.42 Å². The number of aromatic nitrogens is 2. The lowest BCUT2D eigenvalue weighted by Crippen LogP contribution is -2.67. The molecular formula is C30H40N4O4. The summed E-state index contributed by atoms with van der Waals surface area (Å²) in [6.07, 6.45) is 11.4. The molecule has 6 rings (SSSR count). The second kappa shape index (κ2) is 10.1. The van der Waals surface area contributed by atoms with Gasteiger partial charge < -0.3 is 19.6 Å². The van der Waals surface area contributed by atoms with Crippen molar-refractivity contribution in [3.05, 3.63) is 53.1 Å². The molecule has 38 heavy (non-hydrogen) atoms. The highest BCUT2D eigenvalue weighted by atomic mass is 16.5. The van der Waals surface area contributed by atoms with Crippen molar-refractivity contribution < 1.29 is 14.6 Å². The molecule has 2 aliphatic carbocycles. The number of ether oxygens (including phenoxy) is 1. The van der Waals surface area contributed by atoms with Crippen molar-refractivity contribution in [3.63, 3.8) is 0 Å². The minimum Gasteiger partial charge on any atom is -0.387 e. The number of benzene rings is 1. The minimum absolute atomic E-state index is 0.106. The SMILES string of the molecule is O=C(N1CCC(O)(Cn2cnc(-c3ccccc3)cc2=O)C2(CCCC2)C1)N1CCOCC12CCCCC2. The van der Waals surface area contributed by atoms with Gasteiger partial charge >= 0.3 is 6.03 Å². The van der Waals surface area contributed by atoms with Gasteiger partial charge in [-0.3, -0.25) is 9.36 Å². The molecule has 1 aromatic carbocycles. The van der Waals surface area contributed by atoms with Crippen LogP contribution in [-0.4, -0.2) is 74.5 Å². The molecule has 1 unspecified atom stereocenters. The second-order valence-corrected chi connectivity index (χ2v) is 12.1. The fourth-order valence-corrected chi connectivity index (χ4v) is 7.68. The summed E-state index contributed by atoms with van der Waals surface area (Å²) in [4.78, 5) is 35.8. The highest BCUT2D eigenvalue weighted by Crippen LogP contribution is 2.52. The average molecular weight is 521 g/mol. The lowest BCUT2D eigenvalue weighted by molar-refractivity contribution is -0.140. The quantitative estimate of drug-likeness (QED) is 0.660. The summed E-state index contributed by atoms with van der Waals surface area (Å²) < 4.78 is 7.44. The zero-order valence-electron chi connectivity index (χ0n) is 22.3. The molecule has 2 spiro atoms. The Bertz CT molecular complexity index is 1190. The molecule has 2 aromatic rings. The van der Waals surface area contributed by atoms with Crippen LogP contribution in [0.5, 0.6) is 0 Å². The van der Waals surface area contributed by atoms with Crippen LogP contribution in [0.4, 0.5) is 4.79 Å². The van der Waals surface area contributed by atoms with Gasteiger partial charge in [0.1, 0.15) is 0 Å². The molecule has 8 heteroatoms. The van der Waals surface area contributed by atoms with Crippen LogP contribution in [-0.2, 0) is 11.3 Å². The molecule has 2 aliphatic heterocycles. The Balaban J connectivity index is 1.23. The van der Waals surface area contributed by atoms with Crippen molar-refractivity contribution in [1.82, 2.24) is 19.4 Å². The van der Waals surface area contributed by atoms with Crippen molar-refractivity contribution in [2.75, 3.05) is 32.8 Å². The average Bonchev–Trinajstić information content (AvgIpc) is 3.42. The molecule has 4 aliphatic rings. The largest absolute Gasteiger partial charge is 0.387 e. The van der Waals surface area contributed by atoms with Crippen molar-refractivity contribution in [2.24, 2.45) is 5.41 Å². The summed E-state index contributed by atoms with van der Waals surface area (Å²) >= 11 is 0. The Labute approximate surface area is 224 Å². The third kappa shape index (κ3) is 4.45. The first-order chi connectivity index (χ1) is 18.4. The number of carbonyl (C=O) groups excluding carboxylic acids is 1. The number of carbonyl (C=O) groups is 1. The first-order valence-electron chi connectivity index (χ1n) is 14.4. The first-order valence-corrected chi connectivity index (χ1v) is 14.4. The molecule has 204 valence electrons. The predicted octanol–water partition coefficient (Wildman–Crippen LogP) is 4.06.